The highest BCUT2D eigenvalue weighted by atomic mass is 16.3. The van der Waals surface area contributed by atoms with E-state index >= 15 is 0 Å². The average Bonchev–Trinajstić information content (AvgIpc) is 2.77. The summed E-state index contributed by atoms with van der Waals surface area (Å²) in [7, 11) is 0. The molecular formula is C19H21NO2. The van der Waals surface area contributed by atoms with Crippen LogP contribution >= 0.6 is 0 Å². The molecule has 22 heavy (non-hydrogen) atoms. The minimum Gasteiger partial charge on any atom is -0.392 e. The van der Waals surface area contributed by atoms with E-state index in [-0.39, 0.29) is 17.4 Å². The lowest BCUT2D eigenvalue weighted by Crippen LogP contribution is -2.35. The third-order valence-electron chi connectivity index (χ3n) is 5.99. The van der Waals surface area contributed by atoms with Crippen LogP contribution < -0.4 is 0 Å². The standard InChI is InChI=1S/C19H21NO2/c1-19-6-4-16(21)9-15(19)10-17(22)18(19)13-3-2-12-5-7-20-11-14(12)8-13/h2-3,5,7-8,11,15,17-18,22H,4,6,9-10H2,1H3/t15-,17-,18+,19+/m1/s1. The summed E-state index contributed by atoms with van der Waals surface area (Å²) in [6.45, 7) is 2.26. The molecule has 114 valence electrons. The van der Waals surface area contributed by atoms with Gasteiger partial charge in [-0.05, 0) is 47.3 Å². The van der Waals surface area contributed by atoms with Gasteiger partial charge in [-0.1, -0.05) is 19.1 Å². The molecule has 4 rings (SSSR count). The van der Waals surface area contributed by atoms with Gasteiger partial charge in [0.15, 0.2) is 0 Å². The lowest BCUT2D eigenvalue weighted by atomic mass is 9.63. The number of aliphatic hydroxyl groups excluding tert-OH is 1. The molecule has 4 atom stereocenters. The SMILES string of the molecule is C[C@]12CCC(=O)C[C@@H]1C[C@@H](O)[C@@H]2c1ccc2ccncc2c1. The van der Waals surface area contributed by atoms with Crippen molar-refractivity contribution in [2.24, 2.45) is 11.3 Å². The molecule has 2 aromatic rings. The molecule has 3 heteroatoms. The fourth-order valence-corrected chi connectivity index (χ4v) is 4.75. The molecule has 2 aliphatic carbocycles. The highest BCUT2D eigenvalue weighted by Crippen LogP contribution is 2.58. The van der Waals surface area contributed by atoms with Crippen molar-refractivity contribution in [1.29, 1.82) is 0 Å². The number of Topliss-reactive ketones (excluding diaryl/α,β-unsaturated/α-hetero) is 1. The van der Waals surface area contributed by atoms with E-state index in [9.17, 15) is 9.90 Å². The van der Waals surface area contributed by atoms with E-state index < -0.39 is 0 Å². The van der Waals surface area contributed by atoms with Crippen molar-refractivity contribution in [2.75, 3.05) is 0 Å². The molecule has 0 spiro atoms. The molecule has 0 saturated heterocycles. The van der Waals surface area contributed by atoms with Crippen molar-refractivity contribution in [3.63, 3.8) is 0 Å². The number of fused-ring (bicyclic) bond motifs is 2. The van der Waals surface area contributed by atoms with Gasteiger partial charge in [0.25, 0.3) is 0 Å². The Morgan fingerprint density at radius 2 is 2.14 bits per heavy atom. The number of hydrogen-bond acceptors (Lipinski definition) is 3. The lowest BCUT2D eigenvalue weighted by molar-refractivity contribution is -0.124. The Kier molecular flexibility index (Phi) is 3.08. The largest absolute Gasteiger partial charge is 0.392 e. The second-order valence-corrected chi connectivity index (χ2v) is 7.21. The molecule has 0 bridgehead atoms. The van der Waals surface area contributed by atoms with E-state index in [2.05, 4.69) is 30.1 Å². The molecule has 0 amide bonds. The lowest BCUT2D eigenvalue weighted by Gasteiger charge is -2.40. The van der Waals surface area contributed by atoms with Crippen molar-refractivity contribution in [1.82, 2.24) is 4.98 Å². The Morgan fingerprint density at radius 3 is 3.00 bits per heavy atom. The Morgan fingerprint density at radius 1 is 1.27 bits per heavy atom. The number of aromatic nitrogens is 1. The number of aliphatic hydroxyl groups is 1. The summed E-state index contributed by atoms with van der Waals surface area (Å²) in [5, 5.41) is 13.0. The van der Waals surface area contributed by atoms with Crippen LogP contribution in [0.3, 0.4) is 0 Å². The first-order valence-electron chi connectivity index (χ1n) is 8.11. The number of carbonyl (C=O) groups excluding carboxylic acids is 1. The van der Waals surface area contributed by atoms with Crippen LogP contribution in [0.4, 0.5) is 0 Å². The normalized spacial score (nSPS) is 34.8. The number of ketones is 1. The molecule has 2 saturated carbocycles. The van der Waals surface area contributed by atoms with Gasteiger partial charge in [-0.2, -0.15) is 0 Å². The Labute approximate surface area is 130 Å². The fourth-order valence-electron chi connectivity index (χ4n) is 4.75. The highest BCUT2D eigenvalue weighted by Gasteiger charge is 2.53. The molecule has 1 heterocycles. The quantitative estimate of drug-likeness (QED) is 0.876. The second-order valence-electron chi connectivity index (χ2n) is 7.21. The maximum Gasteiger partial charge on any atom is 0.133 e. The highest BCUT2D eigenvalue weighted by molar-refractivity contribution is 5.82. The third kappa shape index (κ3) is 1.99. The maximum absolute atomic E-state index is 11.8. The van der Waals surface area contributed by atoms with Crippen molar-refractivity contribution < 1.29 is 9.90 Å². The van der Waals surface area contributed by atoms with E-state index in [0.717, 1.165) is 18.2 Å². The van der Waals surface area contributed by atoms with E-state index in [1.807, 2.05) is 12.3 Å². The van der Waals surface area contributed by atoms with Crippen LogP contribution in [0.5, 0.6) is 0 Å². The zero-order chi connectivity index (χ0) is 15.3. The predicted molar refractivity (Wildman–Crippen MR) is 85.6 cm³/mol. The first-order chi connectivity index (χ1) is 10.6. The molecule has 2 aliphatic rings. The molecule has 0 aliphatic heterocycles. The van der Waals surface area contributed by atoms with Gasteiger partial charge in [-0.3, -0.25) is 9.78 Å². The third-order valence-corrected chi connectivity index (χ3v) is 5.99. The number of rotatable bonds is 1. The van der Waals surface area contributed by atoms with Gasteiger partial charge in [0.05, 0.1) is 6.10 Å². The Bertz CT molecular complexity index is 741. The van der Waals surface area contributed by atoms with E-state index in [1.165, 1.54) is 10.9 Å². The minimum atomic E-state index is -0.352. The summed E-state index contributed by atoms with van der Waals surface area (Å²) in [6.07, 6.45) is 6.27. The maximum atomic E-state index is 11.8. The van der Waals surface area contributed by atoms with Crippen LogP contribution in [0.25, 0.3) is 10.8 Å². The molecule has 0 unspecified atom stereocenters. The van der Waals surface area contributed by atoms with Crippen LogP contribution in [0, 0.1) is 11.3 Å². The minimum absolute atomic E-state index is 0.0310. The van der Waals surface area contributed by atoms with Crippen LogP contribution in [-0.2, 0) is 4.79 Å². The van der Waals surface area contributed by atoms with Gasteiger partial charge in [0.1, 0.15) is 5.78 Å². The first-order valence-corrected chi connectivity index (χ1v) is 8.11. The summed E-state index contributed by atoms with van der Waals surface area (Å²) in [6, 6.07) is 8.43. The Hall–Kier alpha value is -1.74. The number of nitrogens with zero attached hydrogens (tertiary/aromatic N) is 1. The molecule has 1 N–H and O–H groups in total. The average molecular weight is 295 g/mol. The topological polar surface area (TPSA) is 50.2 Å². The van der Waals surface area contributed by atoms with Crippen LogP contribution in [-0.4, -0.2) is 22.0 Å². The molecule has 1 aromatic heterocycles. The van der Waals surface area contributed by atoms with Gasteiger partial charge in [0, 0.05) is 36.5 Å². The summed E-state index contributed by atoms with van der Waals surface area (Å²) in [5.41, 5.74) is 1.22. The number of benzene rings is 1. The molecule has 2 fully saturated rings. The van der Waals surface area contributed by atoms with Crippen molar-refractivity contribution in [3.8, 4) is 0 Å². The predicted octanol–water partition coefficient (Wildman–Crippen LogP) is 3.46. The molecular weight excluding hydrogens is 274 g/mol. The zero-order valence-corrected chi connectivity index (χ0v) is 12.8. The first kappa shape index (κ1) is 13.9. The van der Waals surface area contributed by atoms with Gasteiger partial charge < -0.3 is 5.11 Å². The monoisotopic (exact) mass is 295 g/mol. The van der Waals surface area contributed by atoms with Crippen molar-refractivity contribution in [3.05, 3.63) is 42.2 Å². The van der Waals surface area contributed by atoms with Crippen LogP contribution in [0.1, 0.15) is 44.1 Å². The second kappa shape index (κ2) is 4.88. The summed E-state index contributed by atoms with van der Waals surface area (Å²) >= 11 is 0. The van der Waals surface area contributed by atoms with Gasteiger partial charge in [0.2, 0.25) is 0 Å². The van der Waals surface area contributed by atoms with E-state index in [0.29, 0.717) is 24.5 Å². The molecule has 0 radical (unpaired) electrons. The van der Waals surface area contributed by atoms with Crippen LogP contribution in [0.2, 0.25) is 0 Å². The van der Waals surface area contributed by atoms with Crippen molar-refractivity contribution >= 4 is 16.6 Å². The zero-order valence-electron chi connectivity index (χ0n) is 12.8. The van der Waals surface area contributed by atoms with Gasteiger partial charge in [-0.15, -0.1) is 0 Å². The van der Waals surface area contributed by atoms with Crippen LogP contribution in [0.15, 0.2) is 36.7 Å². The summed E-state index contributed by atoms with van der Waals surface area (Å²) in [4.78, 5) is 16.0. The smallest absolute Gasteiger partial charge is 0.133 e. The Balaban J connectivity index is 1.77. The van der Waals surface area contributed by atoms with E-state index in [1.54, 1.807) is 6.20 Å². The molecule has 1 aromatic carbocycles. The van der Waals surface area contributed by atoms with E-state index in [4.69, 9.17) is 0 Å². The van der Waals surface area contributed by atoms with Gasteiger partial charge in [-0.25, -0.2) is 0 Å². The van der Waals surface area contributed by atoms with Crippen molar-refractivity contribution in [2.45, 2.75) is 44.6 Å². The number of carbonyl (C=O) groups is 1. The number of pyridine rings is 1. The molecule has 3 nitrogen and oxygen atoms in total. The number of hydrogen-bond donors (Lipinski definition) is 1. The summed E-state index contributed by atoms with van der Waals surface area (Å²) in [5.74, 6) is 0.798. The summed E-state index contributed by atoms with van der Waals surface area (Å²) < 4.78 is 0. The van der Waals surface area contributed by atoms with Gasteiger partial charge >= 0.3 is 0 Å². The fraction of sp³-hybridized carbons (Fsp3) is 0.474.